The lowest BCUT2D eigenvalue weighted by Gasteiger charge is -2.21. The number of ether oxygens (including phenoxy) is 1. The summed E-state index contributed by atoms with van der Waals surface area (Å²) in [4.78, 5) is 15.5. The van der Waals surface area contributed by atoms with Crippen molar-refractivity contribution in [2.24, 2.45) is 0 Å². The minimum Gasteiger partial charge on any atom is -0.497 e. The highest BCUT2D eigenvalue weighted by Crippen LogP contribution is 2.27. The first-order valence-electron chi connectivity index (χ1n) is 9.23. The van der Waals surface area contributed by atoms with Gasteiger partial charge in [0.2, 0.25) is 0 Å². The fourth-order valence-electron chi connectivity index (χ4n) is 2.86. The first kappa shape index (κ1) is 22.9. The molecule has 0 atom stereocenters. The molecule has 1 amide bonds. The molecule has 162 valence electrons. The van der Waals surface area contributed by atoms with Crippen LogP contribution in [-0.4, -0.2) is 32.9 Å². The molecule has 0 fully saturated rings. The van der Waals surface area contributed by atoms with Gasteiger partial charge in [0.15, 0.2) is 0 Å². The van der Waals surface area contributed by atoms with Gasteiger partial charge >= 0.3 is 0 Å². The quantitative estimate of drug-likeness (QED) is 0.439. The number of thiophene rings is 1. The zero-order valence-corrected chi connectivity index (χ0v) is 19.1. The molecule has 0 saturated carbocycles. The molecule has 0 radical (unpaired) electrons. The summed E-state index contributed by atoms with van der Waals surface area (Å²) in [6.45, 7) is 4.43. The standard InChI is InChI=1S/C22H21ClN2O4S2/c1-3-12-25(15-19-5-4-13-30-19)22(26)16-6-11-20(23)21(14-16)31(27,28)24-17-7-9-18(29-2)10-8-17/h3-11,13-14,24H,1,12,15H2,2H3. The Hall–Kier alpha value is -2.81. The number of rotatable bonds is 9. The van der Waals surface area contributed by atoms with Gasteiger partial charge in [-0.3, -0.25) is 9.52 Å². The van der Waals surface area contributed by atoms with Crippen LogP contribution in [0.5, 0.6) is 5.75 Å². The minimum absolute atomic E-state index is 0.0195. The van der Waals surface area contributed by atoms with Crippen molar-refractivity contribution in [2.75, 3.05) is 18.4 Å². The molecule has 31 heavy (non-hydrogen) atoms. The Labute approximate surface area is 190 Å². The Morgan fingerprint density at radius 2 is 1.97 bits per heavy atom. The Balaban J connectivity index is 1.88. The second-order valence-electron chi connectivity index (χ2n) is 6.53. The molecule has 9 heteroatoms. The number of sulfonamides is 1. The average molecular weight is 477 g/mol. The van der Waals surface area contributed by atoms with Crippen LogP contribution >= 0.6 is 22.9 Å². The molecule has 0 saturated heterocycles. The van der Waals surface area contributed by atoms with Crippen molar-refractivity contribution in [2.45, 2.75) is 11.4 Å². The summed E-state index contributed by atoms with van der Waals surface area (Å²) < 4.78 is 33.4. The SMILES string of the molecule is C=CCN(Cc1cccs1)C(=O)c1ccc(Cl)c(S(=O)(=O)Nc2ccc(OC)cc2)c1. The molecule has 6 nitrogen and oxygen atoms in total. The third-order valence-electron chi connectivity index (χ3n) is 4.37. The van der Waals surface area contributed by atoms with Crippen LogP contribution in [0.4, 0.5) is 5.69 Å². The molecule has 0 aliphatic carbocycles. The normalized spacial score (nSPS) is 11.0. The van der Waals surface area contributed by atoms with E-state index in [0.29, 0.717) is 24.5 Å². The number of nitrogens with one attached hydrogen (secondary N) is 1. The van der Waals surface area contributed by atoms with E-state index >= 15 is 0 Å². The van der Waals surface area contributed by atoms with E-state index in [0.717, 1.165) is 4.88 Å². The Kier molecular flexibility index (Phi) is 7.37. The average Bonchev–Trinajstić information content (AvgIpc) is 3.26. The van der Waals surface area contributed by atoms with Crippen molar-refractivity contribution in [3.8, 4) is 5.75 Å². The molecule has 2 aromatic carbocycles. The van der Waals surface area contributed by atoms with Gasteiger partial charge in [-0.15, -0.1) is 17.9 Å². The van der Waals surface area contributed by atoms with E-state index in [1.807, 2.05) is 17.5 Å². The lowest BCUT2D eigenvalue weighted by atomic mass is 10.2. The zero-order chi connectivity index (χ0) is 22.4. The van der Waals surface area contributed by atoms with Gasteiger partial charge in [-0.1, -0.05) is 23.7 Å². The number of amides is 1. The second-order valence-corrected chi connectivity index (χ2v) is 9.62. The fourth-order valence-corrected chi connectivity index (χ4v) is 5.16. The summed E-state index contributed by atoms with van der Waals surface area (Å²) in [5.74, 6) is 0.285. The Morgan fingerprint density at radius 3 is 2.58 bits per heavy atom. The van der Waals surface area contributed by atoms with Crippen LogP contribution < -0.4 is 9.46 Å². The zero-order valence-electron chi connectivity index (χ0n) is 16.7. The lowest BCUT2D eigenvalue weighted by Crippen LogP contribution is -2.30. The van der Waals surface area contributed by atoms with E-state index in [1.165, 1.54) is 36.6 Å². The number of methoxy groups -OCH3 is 1. The van der Waals surface area contributed by atoms with Crippen molar-refractivity contribution in [3.05, 3.63) is 88.1 Å². The van der Waals surface area contributed by atoms with Gasteiger partial charge in [0.25, 0.3) is 15.9 Å². The highest BCUT2D eigenvalue weighted by Gasteiger charge is 2.23. The number of hydrogen-bond acceptors (Lipinski definition) is 5. The van der Waals surface area contributed by atoms with Gasteiger partial charge in [-0.2, -0.15) is 0 Å². The smallest absolute Gasteiger partial charge is 0.263 e. The topological polar surface area (TPSA) is 75.7 Å². The van der Waals surface area contributed by atoms with Crippen LogP contribution in [-0.2, 0) is 16.6 Å². The molecule has 1 heterocycles. The second kappa shape index (κ2) is 10.00. The summed E-state index contributed by atoms with van der Waals surface area (Å²) in [5.41, 5.74) is 0.567. The number of benzene rings is 2. The first-order chi connectivity index (χ1) is 14.8. The van der Waals surface area contributed by atoms with Crippen molar-refractivity contribution in [1.29, 1.82) is 0 Å². The van der Waals surface area contributed by atoms with Crippen LogP contribution in [0, 0.1) is 0 Å². The van der Waals surface area contributed by atoms with Crippen molar-refractivity contribution in [1.82, 2.24) is 4.90 Å². The monoisotopic (exact) mass is 476 g/mol. The van der Waals surface area contributed by atoms with Crippen molar-refractivity contribution >= 4 is 44.6 Å². The van der Waals surface area contributed by atoms with E-state index in [1.54, 1.807) is 35.2 Å². The maximum absolute atomic E-state index is 13.1. The van der Waals surface area contributed by atoms with Crippen molar-refractivity contribution in [3.63, 3.8) is 0 Å². The lowest BCUT2D eigenvalue weighted by molar-refractivity contribution is 0.0764. The number of anilines is 1. The predicted molar refractivity (Wildman–Crippen MR) is 125 cm³/mol. The molecular formula is C22H21ClN2O4S2. The first-order valence-corrected chi connectivity index (χ1v) is 12.0. The third kappa shape index (κ3) is 5.66. The Morgan fingerprint density at radius 1 is 1.23 bits per heavy atom. The highest BCUT2D eigenvalue weighted by atomic mass is 35.5. The molecule has 1 N–H and O–H groups in total. The summed E-state index contributed by atoms with van der Waals surface area (Å²) in [5, 5.41) is 1.95. The van der Waals surface area contributed by atoms with Gasteiger partial charge in [-0.05, 0) is 53.9 Å². The molecule has 0 unspecified atom stereocenters. The van der Waals surface area contributed by atoms with Gasteiger partial charge in [0.1, 0.15) is 10.6 Å². The van der Waals surface area contributed by atoms with Crippen LogP contribution in [0.2, 0.25) is 5.02 Å². The molecular weight excluding hydrogens is 456 g/mol. The van der Waals surface area contributed by atoms with E-state index in [2.05, 4.69) is 11.3 Å². The maximum atomic E-state index is 13.1. The molecule has 0 bridgehead atoms. The minimum atomic E-state index is -4.02. The Bertz CT molecular complexity index is 1160. The van der Waals surface area contributed by atoms with Crippen LogP contribution in [0.3, 0.4) is 0 Å². The van der Waals surface area contributed by atoms with Crippen molar-refractivity contribution < 1.29 is 17.9 Å². The summed E-state index contributed by atoms with van der Waals surface area (Å²) in [7, 11) is -2.50. The molecule has 3 rings (SSSR count). The van der Waals surface area contributed by atoms with Crippen LogP contribution in [0.25, 0.3) is 0 Å². The van der Waals surface area contributed by atoms with E-state index < -0.39 is 10.0 Å². The summed E-state index contributed by atoms with van der Waals surface area (Å²) in [6, 6.07) is 14.5. The molecule has 0 aliphatic rings. The molecule has 0 spiro atoms. The fraction of sp³-hybridized carbons (Fsp3) is 0.136. The molecule has 1 aromatic heterocycles. The highest BCUT2D eigenvalue weighted by molar-refractivity contribution is 7.92. The number of carbonyl (C=O) groups excluding carboxylic acids is 1. The van der Waals surface area contributed by atoms with Gasteiger partial charge in [0.05, 0.1) is 18.7 Å². The van der Waals surface area contributed by atoms with Crippen LogP contribution in [0.1, 0.15) is 15.2 Å². The summed E-state index contributed by atoms with van der Waals surface area (Å²) in [6.07, 6.45) is 1.63. The van der Waals surface area contributed by atoms with Gasteiger partial charge < -0.3 is 9.64 Å². The number of hydrogen-bond donors (Lipinski definition) is 1. The van der Waals surface area contributed by atoms with Gasteiger partial charge in [0, 0.05) is 22.7 Å². The van der Waals surface area contributed by atoms with Crippen LogP contribution in [0.15, 0.2) is 77.5 Å². The van der Waals surface area contributed by atoms with Gasteiger partial charge in [-0.25, -0.2) is 8.42 Å². The predicted octanol–water partition coefficient (Wildman–Crippen LogP) is 5.04. The molecule has 3 aromatic rings. The number of halogens is 1. The largest absolute Gasteiger partial charge is 0.497 e. The van der Waals surface area contributed by atoms with E-state index in [-0.39, 0.29) is 21.4 Å². The summed E-state index contributed by atoms with van der Waals surface area (Å²) >= 11 is 7.72. The number of nitrogens with zero attached hydrogens (tertiary/aromatic N) is 1. The maximum Gasteiger partial charge on any atom is 0.263 e. The van der Waals surface area contributed by atoms with E-state index in [9.17, 15) is 13.2 Å². The molecule has 0 aliphatic heterocycles. The van der Waals surface area contributed by atoms with E-state index in [4.69, 9.17) is 16.3 Å². The number of carbonyl (C=O) groups is 1. The third-order valence-corrected chi connectivity index (χ3v) is 7.10.